The summed E-state index contributed by atoms with van der Waals surface area (Å²) in [5.74, 6) is -2.62. The van der Waals surface area contributed by atoms with E-state index in [0.717, 1.165) is 12.8 Å². The molecule has 0 spiro atoms. The van der Waals surface area contributed by atoms with Gasteiger partial charge < -0.3 is 10.4 Å². The number of amides is 1. The number of hydrogen-bond donors (Lipinski definition) is 2. The molecule has 1 aromatic rings. The van der Waals surface area contributed by atoms with E-state index in [4.69, 9.17) is 5.11 Å². The number of halogens is 2. The Kier molecular flexibility index (Phi) is 5.58. The van der Waals surface area contributed by atoms with Crippen LogP contribution in [0, 0.1) is 23.5 Å². The minimum Gasteiger partial charge on any atom is -0.481 e. The number of hydrogen-bond acceptors (Lipinski definition) is 2. The summed E-state index contributed by atoms with van der Waals surface area (Å²) >= 11 is 0. The van der Waals surface area contributed by atoms with Gasteiger partial charge in [0.25, 0.3) is 0 Å². The lowest BCUT2D eigenvalue weighted by Gasteiger charge is -2.32. The van der Waals surface area contributed by atoms with Gasteiger partial charge in [-0.3, -0.25) is 9.59 Å². The van der Waals surface area contributed by atoms with Gasteiger partial charge in [-0.2, -0.15) is 0 Å². The first-order valence-electron chi connectivity index (χ1n) is 9.38. The van der Waals surface area contributed by atoms with Gasteiger partial charge >= 0.3 is 5.97 Å². The molecule has 2 fully saturated rings. The van der Waals surface area contributed by atoms with Crippen molar-refractivity contribution in [1.29, 1.82) is 0 Å². The van der Waals surface area contributed by atoms with Gasteiger partial charge in [0, 0.05) is 23.4 Å². The number of rotatable bonds is 5. The lowest BCUT2D eigenvalue weighted by Crippen LogP contribution is -2.43. The maximum Gasteiger partial charge on any atom is 0.306 e. The standard InChI is InChI=1S/C20H25F2NO3/c21-15-4-3-5-16(22)17(15)20(10-1-2-11-20)12-23-18(24)13-6-8-14(9-7-13)19(25)26/h3-5,13-14H,1-2,6-12H2,(H,23,24)(H,25,26). The maximum atomic E-state index is 14.3. The first-order chi connectivity index (χ1) is 12.4. The Balaban J connectivity index is 1.67. The molecule has 142 valence electrons. The highest BCUT2D eigenvalue weighted by Gasteiger charge is 2.40. The zero-order valence-electron chi connectivity index (χ0n) is 14.8. The van der Waals surface area contributed by atoms with Gasteiger partial charge in [0.15, 0.2) is 0 Å². The van der Waals surface area contributed by atoms with Crippen molar-refractivity contribution in [3.63, 3.8) is 0 Å². The Labute approximate surface area is 152 Å². The van der Waals surface area contributed by atoms with Crippen LogP contribution in [0.1, 0.15) is 56.9 Å². The van der Waals surface area contributed by atoms with Crippen LogP contribution >= 0.6 is 0 Å². The van der Waals surface area contributed by atoms with Crippen LogP contribution in [0.25, 0.3) is 0 Å². The van der Waals surface area contributed by atoms with Crippen LogP contribution in [0.3, 0.4) is 0 Å². The normalized spacial score (nSPS) is 25.0. The van der Waals surface area contributed by atoms with Crippen molar-refractivity contribution >= 4 is 11.9 Å². The quantitative estimate of drug-likeness (QED) is 0.834. The minimum absolute atomic E-state index is 0.0902. The van der Waals surface area contributed by atoms with Gasteiger partial charge in [-0.15, -0.1) is 0 Å². The molecule has 3 rings (SSSR count). The predicted octanol–water partition coefficient (Wildman–Crippen LogP) is 3.78. The van der Waals surface area contributed by atoms with E-state index in [1.54, 1.807) is 0 Å². The van der Waals surface area contributed by atoms with Crippen LogP contribution in [0.5, 0.6) is 0 Å². The first kappa shape index (κ1) is 18.8. The molecule has 0 radical (unpaired) electrons. The molecule has 6 heteroatoms. The second-order valence-corrected chi connectivity index (χ2v) is 7.69. The Morgan fingerprint density at radius 1 is 1.04 bits per heavy atom. The molecular weight excluding hydrogens is 340 g/mol. The third-order valence-electron chi connectivity index (χ3n) is 6.10. The van der Waals surface area contributed by atoms with E-state index < -0.39 is 23.0 Å². The predicted molar refractivity (Wildman–Crippen MR) is 92.6 cm³/mol. The average molecular weight is 365 g/mol. The molecule has 0 unspecified atom stereocenters. The highest BCUT2D eigenvalue weighted by Crippen LogP contribution is 2.43. The van der Waals surface area contributed by atoms with Crippen LogP contribution in [0.4, 0.5) is 8.78 Å². The number of aliphatic carboxylic acids is 1. The topological polar surface area (TPSA) is 66.4 Å². The summed E-state index contributed by atoms with van der Waals surface area (Å²) in [4.78, 5) is 23.6. The summed E-state index contributed by atoms with van der Waals surface area (Å²) in [6.07, 6.45) is 5.16. The van der Waals surface area contributed by atoms with E-state index in [1.807, 2.05) is 0 Å². The Morgan fingerprint density at radius 3 is 2.12 bits per heavy atom. The number of nitrogens with one attached hydrogen (secondary N) is 1. The Hall–Kier alpha value is -1.98. The molecule has 1 amide bonds. The van der Waals surface area contributed by atoms with E-state index in [0.29, 0.717) is 38.5 Å². The molecule has 0 heterocycles. The number of carbonyl (C=O) groups is 2. The zero-order chi connectivity index (χ0) is 18.7. The average Bonchev–Trinajstić information content (AvgIpc) is 3.09. The van der Waals surface area contributed by atoms with Gasteiger partial charge in [0.2, 0.25) is 5.91 Å². The first-order valence-corrected chi connectivity index (χ1v) is 9.38. The van der Waals surface area contributed by atoms with Gasteiger partial charge in [0.1, 0.15) is 11.6 Å². The second kappa shape index (κ2) is 7.72. The largest absolute Gasteiger partial charge is 0.481 e. The van der Waals surface area contributed by atoms with Crippen molar-refractivity contribution < 1.29 is 23.5 Å². The van der Waals surface area contributed by atoms with Crippen LogP contribution in [0.2, 0.25) is 0 Å². The number of carboxylic acids is 1. The second-order valence-electron chi connectivity index (χ2n) is 7.69. The fraction of sp³-hybridized carbons (Fsp3) is 0.600. The number of carbonyl (C=O) groups excluding carboxylic acids is 1. The van der Waals surface area contributed by atoms with Crippen LogP contribution in [-0.4, -0.2) is 23.5 Å². The summed E-state index contributed by atoms with van der Waals surface area (Å²) in [5, 5.41) is 12.0. The fourth-order valence-corrected chi connectivity index (χ4v) is 4.57. The van der Waals surface area contributed by atoms with Gasteiger partial charge in [0.05, 0.1) is 5.92 Å². The molecule has 2 aliphatic carbocycles. The molecule has 0 atom stereocenters. The monoisotopic (exact) mass is 365 g/mol. The molecule has 0 saturated heterocycles. The highest BCUT2D eigenvalue weighted by atomic mass is 19.1. The van der Waals surface area contributed by atoms with E-state index in [9.17, 15) is 18.4 Å². The summed E-state index contributed by atoms with van der Waals surface area (Å²) in [6.45, 7) is 0.225. The van der Waals surface area contributed by atoms with Crippen molar-refractivity contribution in [3.8, 4) is 0 Å². The van der Waals surface area contributed by atoms with E-state index >= 15 is 0 Å². The van der Waals surface area contributed by atoms with Gasteiger partial charge in [-0.1, -0.05) is 18.9 Å². The van der Waals surface area contributed by atoms with Crippen LogP contribution in [0.15, 0.2) is 18.2 Å². The van der Waals surface area contributed by atoms with Gasteiger partial charge in [-0.25, -0.2) is 8.78 Å². The number of benzene rings is 1. The summed E-state index contributed by atoms with van der Waals surface area (Å²) in [5.41, 5.74) is -0.601. The van der Waals surface area contributed by atoms with Crippen LogP contribution < -0.4 is 5.32 Å². The molecule has 0 aromatic heterocycles. The lowest BCUT2D eigenvalue weighted by atomic mass is 9.77. The molecule has 2 N–H and O–H groups in total. The van der Waals surface area contributed by atoms with Crippen LogP contribution in [-0.2, 0) is 15.0 Å². The molecule has 2 aliphatic rings. The van der Waals surface area contributed by atoms with Crippen molar-refractivity contribution in [1.82, 2.24) is 5.32 Å². The summed E-state index contributed by atoms with van der Waals surface area (Å²) < 4.78 is 28.7. The van der Waals surface area contributed by atoms with Crippen molar-refractivity contribution in [3.05, 3.63) is 35.4 Å². The number of carboxylic acid groups (broad SMARTS) is 1. The third kappa shape index (κ3) is 3.74. The van der Waals surface area contributed by atoms with E-state index in [1.165, 1.54) is 18.2 Å². The molecular formula is C20H25F2NO3. The van der Waals surface area contributed by atoms with Crippen molar-refractivity contribution in [2.45, 2.75) is 56.8 Å². The molecule has 0 aliphatic heterocycles. The van der Waals surface area contributed by atoms with E-state index in [2.05, 4.69) is 5.32 Å². The summed E-state index contributed by atoms with van der Waals surface area (Å²) in [6, 6.07) is 3.90. The third-order valence-corrected chi connectivity index (χ3v) is 6.10. The lowest BCUT2D eigenvalue weighted by molar-refractivity contribution is -0.144. The van der Waals surface area contributed by atoms with Gasteiger partial charge in [-0.05, 0) is 50.7 Å². The van der Waals surface area contributed by atoms with Crippen molar-refractivity contribution in [2.75, 3.05) is 6.54 Å². The fourth-order valence-electron chi connectivity index (χ4n) is 4.57. The smallest absolute Gasteiger partial charge is 0.306 e. The summed E-state index contributed by atoms with van der Waals surface area (Å²) in [7, 11) is 0. The molecule has 26 heavy (non-hydrogen) atoms. The highest BCUT2D eigenvalue weighted by molar-refractivity contribution is 5.79. The Morgan fingerprint density at radius 2 is 1.58 bits per heavy atom. The molecule has 0 bridgehead atoms. The zero-order valence-corrected chi connectivity index (χ0v) is 14.8. The molecule has 2 saturated carbocycles. The van der Waals surface area contributed by atoms with Crippen molar-refractivity contribution in [2.24, 2.45) is 11.8 Å². The minimum atomic E-state index is -0.802. The molecule has 1 aromatic carbocycles. The molecule has 4 nitrogen and oxygen atoms in total. The Bertz CT molecular complexity index is 657. The van der Waals surface area contributed by atoms with E-state index in [-0.39, 0.29) is 29.9 Å². The maximum absolute atomic E-state index is 14.3. The SMILES string of the molecule is O=C(O)C1CCC(C(=O)NCC2(c3c(F)cccc3F)CCCC2)CC1.